The fourth-order valence-electron chi connectivity index (χ4n) is 4.26. The highest BCUT2D eigenvalue weighted by molar-refractivity contribution is 5.76. The van der Waals surface area contributed by atoms with Crippen molar-refractivity contribution in [3.05, 3.63) is 30.1 Å². The fourth-order valence-corrected chi connectivity index (χ4v) is 4.26. The van der Waals surface area contributed by atoms with Gasteiger partial charge >= 0.3 is 0 Å². The van der Waals surface area contributed by atoms with Crippen molar-refractivity contribution in [2.75, 3.05) is 19.7 Å². The van der Waals surface area contributed by atoms with Gasteiger partial charge in [-0.05, 0) is 43.6 Å². The van der Waals surface area contributed by atoms with E-state index in [0.29, 0.717) is 39.1 Å². The van der Waals surface area contributed by atoms with E-state index in [1.54, 1.807) is 12.4 Å². The van der Waals surface area contributed by atoms with Crippen LogP contribution >= 0.6 is 0 Å². The highest BCUT2D eigenvalue weighted by Crippen LogP contribution is 2.33. The molecule has 8 heteroatoms. The third kappa shape index (κ3) is 3.47. The van der Waals surface area contributed by atoms with Crippen molar-refractivity contribution in [2.24, 2.45) is 11.7 Å². The minimum atomic E-state index is -0.604. The quantitative estimate of drug-likeness (QED) is 0.630. The van der Waals surface area contributed by atoms with E-state index < -0.39 is 12.4 Å². The Morgan fingerprint density at radius 1 is 1.35 bits per heavy atom. The molecule has 3 aliphatic heterocycles. The summed E-state index contributed by atoms with van der Waals surface area (Å²) in [6, 6.07) is 3.45. The summed E-state index contributed by atoms with van der Waals surface area (Å²) in [4.78, 5) is 17.6. The molecule has 3 saturated heterocycles. The summed E-state index contributed by atoms with van der Waals surface area (Å²) in [7, 11) is 0. The second-order valence-corrected chi connectivity index (χ2v) is 7.33. The van der Waals surface area contributed by atoms with Crippen molar-refractivity contribution in [1.29, 1.82) is 0 Å². The van der Waals surface area contributed by atoms with Gasteiger partial charge in [0.05, 0.1) is 24.8 Å². The first-order valence-electron chi connectivity index (χ1n) is 9.24. The van der Waals surface area contributed by atoms with Crippen LogP contribution in [0, 0.1) is 5.92 Å². The average molecular weight is 362 g/mol. The van der Waals surface area contributed by atoms with Crippen LogP contribution in [0.2, 0.25) is 0 Å². The van der Waals surface area contributed by atoms with Crippen molar-refractivity contribution in [3.63, 3.8) is 0 Å². The largest absolute Gasteiger partial charge is 0.390 e. The van der Waals surface area contributed by atoms with E-state index in [1.165, 1.54) is 0 Å². The SMILES string of the molecule is NC(=O)C1CCN(C2C3OCC(O3)C(NCc3ccncc3)C2O)CC1. The van der Waals surface area contributed by atoms with Crippen LogP contribution in [0.25, 0.3) is 0 Å². The van der Waals surface area contributed by atoms with Crippen LogP contribution in [-0.4, -0.2) is 71.2 Å². The second-order valence-electron chi connectivity index (χ2n) is 7.33. The van der Waals surface area contributed by atoms with Crippen LogP contribution in [0.15, 0.2) is 24.5 Å². The van der Waals surface area contributed by atoms with Gasteiger partial charge in [0.25, 0.3) is 0 Å². The molecule has 0 saturated carbocycles. The van der Waals surface area contributed by atoms with E-state index in [2.05, 4.69) is 15.2 Å². The standard InChI is InChI=1S/C18H26N4O4/c19-17(24)12-3-7-22(8-4-12)15-16(23)14(13-10-25-18(15)26-13)21-9-11-1-5-20-6-2-11/h1-2,5-6,12-16,18,21,23H,3-4,7-10H2,(H2,19,24). The molecule has 5 atom stereocenters. The van der Waals surface area contributed by atoms with Gasteiger partial charge in [-0.2, -0.15) is 0 Å². The number of pyridine rings is 1. The number of piperidine rings is 1. The molecule has 0 aromatic carbocycles. The minimum absolute atomic E-state index is 0.0780. The number of rotatable bonds is 5. The number of nitrogens with two attached hydrogens (primary N) is 1. The Balaban J connectivity index is 1.42. The molecular formula is C18H26N4O4. The van der Waals surface area contributed by atoms with Gasteiger partial charge in [-0.1, -0.05) is 0 Å². The number of amides is 1. The van der Waals surface area contributed by atoms with E-state index in [1.807, 2.05) is 12.1 Å². The fraction of sp³-hybridized carbons (Fsp3) is 0.667. The summed E-state index contributed by atoms with van der Waals surface area (Å²) in [6.07, 6.45) is 3.76. The van der Waals surface area contributed by atoms with Gasteiger partial charge in [0.2, 0.25) is 5.91 Å². The lowest BCUT2D eigenvalue weighted by Crippen LogP contribution is -2.65. The van der Waals surface area contributed by atoms with Crippen molar-refractivity contribution < 1.29 is 19.4 Å². The molecule has 1 amide bonds. The van der Waals surface area contributed by atoms with Gasteiger partial charge in [0, 0.05) is 24.9 Å². The summed E-state index contributed by atoms with van der Waals surface area (Å²) in [5, 5.41) is 14.5. The Morgan fingerprint density at radius 2 is 2.08 bits per heavy atom. The number of nitrogens with zero attached hydrogens (tertiary/aromatic N) is 2. The van der Waals surface area contributed by atoms with Crippen LogP contribution in [0.5, 0.6) is 0 Å². The molecule has 8 nitrogen and oxygen atoms in total. The molecule has 2 bridgehead atoms. The van der Waals surface area contributed by atoms with Gasteiger partial charge < -0.3 is 25.6 Å². The number of carbonyl (C=O) groups is 1. The minimum Gasteiger partial charge on any atom is -0.390 e. The number of aromatic nitrogens is 1. The van der Waals surface area contributed by atoms with Gasteiger partial charge in [0.15, 0.2) is 6.29 Å². The second kappa shape index (κ2) is 7.58. The maximum absolute atomic E-state index is 11.4. The summed E-state index contributed by atoms with van der Waals surface area (Å²) in [6.45, 7) is 2.52. The first kappa shape index (κ1) is 17.8. The van der Waals surface area contributed by atoms with Crippen LogP contribution in [0.4, 0.5) is 0 Å². The predicted octanol–water partition coefficient (Wildman–Crippen LogP) is -0.778. The molecule has 3 aliphatic rings. The molecule has 0 spiro atoms. The Bertz CT molecular complexity index is 623. The summed E-state index contributed by atoms with van der Waals surface area (Å²) < 4.78 is 11.8. The van der Waals surface area contributed by atoms with Gasteiger partial charge in [0.1, 0.15) is 6.10 Å². The van der Waals surface area contributed by atoms with E-state index in [0.717, 1.165) is 5.56 Å². The predicted molar refractivity (Wildman–Crippen MR) is 92.8 cm³/mol. The molecule has 4 heterocycles. The van der Waals surface area contributed by atoms with Crippen molar-refractivity contribution in [3.8, 4) is 0 Å². The van der Waals surface area contributed by atoms with Crippen molar-refractivity contribution in [2.45, 2.75) is 50.0 Å². The molecule has 4 rings (SSSR count). The Morgan fingerprint density at radius 3 is 2.77 bits per heavy atom. The Labute approximate surface area is 152 Å². The molecular weight excluding hydrogens is 336 g/mol. The van der Waals surface area contributed by atoms with Gasteiger partial charge in [-0.3, -0.25) is 14.7 Å². The number of ether oxygens (including phenoxy) is 2. The van der Waals surface area contributed by atoms with Crippen molar-refractivity contribution in [1.82, 2.24) is 15.2 Å². The third-order valence-corrected chi connectivity index (χ3v) is 5.78. The van der Waals surface area contributed by atoms with E-state index in [-0.39, 0.29) is 30.0 Å². The Hall–Kier alpha value is -1.58. The number of fused-ring (bicyclic) bond motifs is 2. The van der Waals surface area contributed by atoms with E-state index >= 15 is 0 Å². The lowest BCUT2D eigenvalue weighted by atomic mass is 9.90. The van der Waals surface area contributed by atoms with Crippen LogP contribution in [0.1, 0.15) is 18.4 Å². The normalized spacial score (nSPS) is 35.5. The zero-order valence-electron chi connectivity index (χ0n) is 14.7. The maximum atomic E-state index is 11.4. The Kier molecular flexibility index (Phi) is 5.19. The first-order valence-corrected chi connectivity index (χ1v) is 9.24. The van der Waals surface area contributed by atoms with Crippen LogP contribution in [-0.2, 0) is 20.8 Å². The molecule has 142 valence electrons. The summed E-state index contributed by atoms with van der Waals surface area (Å²) in [5.41, 5.74) is 6.53. The molecule has 4 N–H and O–H groups in total. The summed E-state index contributed by atoms with van der Waals surface area (Å²) in [5.74, 6) is -0.315. The lowest BCUT2D eigenvalue weighted by molar-refractivity contribution is -0.186. The zero-order chi connectivity index (χ0) is 18.1. The first-order chi connectivity index (χ1) is 12.6. The number of likely N-dealkylation sites (tertiary alicyclic amines) is 1. The zero-order valence-corrected chi connectivity index (χ0v) is 14.7. The molecule has 3 fully saturated rings. The highest BCUT2D eigenvalue weighted by Gasteiger charge is 2.52. The highest BCUT2D eigenvalue weighted by atomic mass is 16.7. The lowest BCUT2D eigenvalue weighted by Gasteiger charge is -2.46. The third-order valence-electron chi connectivity index (χ3n) is 5.78. The summed E-state index contributed by atoms with van der Waals surface area (Å²) >= 11 is 0. The number of aliphatic hydroxyl groups is 1. The monoisotopic (exact) mass is 362 g/mol. The molecule has 26 heavy (non-hydrogen) atoms. The number of carbonyl (C=O) groups excluding carboxylic acids is 1. The number of hydrogen-bond acceptors (Lipinski definition) is 7. The molecule has 1 aromatic heterocycles. The number of nitrogens with one attached hydrogen (secondary N) is 1. The maximum Gasteiger partial charge on any atom is 0.220 e. The molecule has 0 aliphatic carbocycles. The molecule has 0 radical (unpaired) electrons. The van der Waals surface area contributed by atoms with Crippen LogP contribution in [0.3, 0.4) is 0 Å². The van der Waals surface area contributed by atoms with E-state index in [9.17, 15) is 9.90 Å². The van der Waals surface area contributed by atoms with Crippen molar-refractivity contribution >= 4 is 5.91 Å². The topological polar surface area (TPSA) is 110 Å². The average Bonchev–Trinajstić information content (AvgIpc) is 3.08. The number of primary amides is 1. The number of aliphatic hydroxyl groups excluding tert-OH is 1. The van der Waals surface area contributed by atoms with Gasteiger partial charge in [-0.25, -0.2) is 0 Å². The molecule has 1 aromatic rings. The van der Waals surface area contributed by atoms with E-state index in [4.69, 9.17) is 15.2 Å². The van der Waals surface area contributed by atoms with Crippen LogP contribution < -0.4 is 11.1 Å². The molecule has 5 unspecified atom stereocenters. The smallest absolute Gasteiger partial charge is 0.220 e. The van der Waals surface area contributed by atoms with Gasteiger partial charge in [-0.15, -0.1) is 0 Å². The number of hydrogen-bond donors (Lipinski definition) is 3.